The van der Waals surface area contributed by atoms with Crippen molar-refractivity contribution in [1.29, 1.82) is 0 Å². The van der Waals surface area contributed by atoms with E-state index in [4.69, 9.17) is 4.74 Å². The van der Waals surface area contributed by atoms with E-state index in [1.54, 1.807) is 0 Å². The van der Waals surface area contributed by atoms with Gasteiger partial charge in [0.25, 0.3) is 0 Å². The van der Waals surface area contributed by atoms with Crippen LogP contribution < -0.4 is 10.6 Å². The Morgan fingerprint density at radius 3 is 2.17 bits per heavy atom. The van der Waals surface area contributed by atoms with Crippen LogP contribution in [0.4, 0.5) is 26.3 Å². The smallest absolute Gasteiger partial charge is 0.372 e. The van der Waals surface area contributed by atoms with Crippen molar-refractivity contribution < 1.29 is 31.1 Å². The van der Waals surface area contributed by atoms with Crippen molar-refractivity contribution in [2.75, 3.05) is 26.4 Å². The number of hydrogen-bond donors (Lipinski definition) is 2. The van der Waals surface area contributed by atoms with Gasteiger partial charge in [0.15, 0.2) is 0 Å². The number of halogens is 6. The predicted molar refractivity (Wildman–Crippen MR) is 120 cm³/mol. The van der Waals surface area contributed by atoms with Crippen molar-refractivity contribution in [3.63, 3.8) is 0 Å². The van der Waals surface area contributed by atoms with E-state index < -0.39 is 35.1 Å². The third-order valence-electron chi connectivity index (χ3n) is 7.01. The average molecular weight is 502 g/mol. The molecule has 35 heavy (non-hydrogen) atoms. The zero-order valence-corrected chi connectivity index (χ0v) is 19.5. The van der Waals surface area contributed by atoms with Gasteiger partial charge in [-0.2, -0.15) is 26.3 Å². The summed E-state index contributed by atoms with van der Waals surface area (Å²) < 4.78 is 85.9. The first kappa shape index (κ1) is 25.9. The first-order chi connectivity index (χ1) is 16.4. The quantitative estimate of drug-likeness (QED) is 0.526. The van der Waals surface area contributed by atoms with Crippen molar-refractivity contribution in [3.05, 3.63) is 70.8 Å². The van der Waals surface area contributed by atoms with Gasteiger partial charge in [-0.1, -0.05) is 30.3 Å². The van der Waals surface area contributed by atoms with Gasteiger partial charge in [0.1, 0.15) is 0 Å². The maximum absolute atomic E-state index is 13.3. The second-order valence-electron chi connectivity index (χ2n) is 9.45. The standard InChI is InChI=1S/C25H29F6N3O/c1-16-12-32-15-34(16)22-11-23(33-13-22,19-6-4-3-5-7-19)14-35-17(2)18-8-20(24(26,27)28)10-21(9-18)25(29,30)31/h3-10,16-17,22,32-33H,11-15H2,1-2H3/t16?,17-,22+,23-/m1/s1. The highest BCUT2D eigenvalue weighted by Gasteiger charge is 2.44. The Kier molecular flexibility index (Phi) is 7.21. The largest absolute Gasteiger partial charge is 0.416 e. The van der Waals surface area contributed by atoms with E-state index in [1.165, 1.54) is 6.92 Å². The summed E-state index contributed by atoms with van der Waals surface area (Å²) in [6, 6.07) is 11.8. The fourth-order valence-electron chi connectivity index (χ4n) is 5.01. The maximum Gasteiger partial charge on any atom is 0.416 e. The monoisotopic (exact) mass is 501 g/mol. The minimum Gasteiger partial charge on any atom is -0.372 e. The van der Waals surface area contributed by atoms with Crippen LogP contribution in [0.1, 0.15) is 48.6 Å². The van der Waals surface area contributed by atoms with E-state index in [-0.39, 0.29) is 24.3 Å². The number of rotatable bonds is 6. The van der Waals surface area contributed by atoms with E-state index >= 15 is 0 Å². The minimum atomic E-state index is -4.90. The molecule has 10 heteroatoms. The van der Waals surface area contributed by atoms with Gasteiger partial charge < -0.3 is 15.4 Å². The maximum atomic E-state index is 13.3. The molecule has 2 saturated heterocycles. The molecule has 2 aromatic rings. The Balaban J connectivity index is 1.58. The lowest BCUT2D eigenvalue weighted by atomic mass is 9.87. The van der Waals surface area contributed by atoms with E-state index in [0.717, 1.165) is 30.9 Å². The van der Waals surface area contributed by atoms with Crippen molar-refractivity contribution in [2.24, 2.45) is 0 Å². The highest BCUT2D eigenvalue weighted by molar-refractivity contribution is 5.35. The Morgan fingerprint density at radius 1 is 1.00 bits per heavy atom. The van der Waals surface area contributed by atoms with Crippen LogP contribution in [0.15, 0.2) is 48.5 Å². The molecule has 4 rings (SSSR count). The van der Waals surface area contributed by atoms with Gasteiger partial charge >= 0.3 is 12.4 Å². The van der Waals surface area contributed by atoms with Crippen molar-refractivity contribution in [1.82, 2.24) is 15.5 Å². The van der Waals surface area contributed by atoms with Crippen LogP contribution in [0, 0.1) is 0 Å². The number of ether oxygens (including phenoxy) is 1. The van der Waals surface area contributed by atoms with Gasteiger partial charge in [-0.3, -0.25) is 4.90 Å². The molecule has 2 aliphatic rings. The molecule has 2 N–H and O–H groups in total. The number of nitrogens with one attached hydrogen (secondary N) is 2. The molecule has 0 aromatic heterocycles. The minimum absolute atomic E-state index is 0.0991. The second kappa shape index (κ2) is 9.72. The van der Waals surface area contributed by atoms with Crippen LogP contribution in [0.25, 0.3) is 0 Å². The summed E-state index contributed by atoms with van der Waals surface area (Å²) in [7, 11) is 0. The molecule has 0 amide bonds. The van der Waals surface area contributed by atoms with Crippen LogP contribution in [0.5, 0.6) is 0 Å². The Labute approximate surface area is 200 Å². The molecule has 4 atom stereocenters. The van der Waals surface area contributed by atoms with Crippen molar-refractivity contribution in [3.8, 4) is 0 Å². The number of alkyl halides is 6. The first-order valence-corrected chi connectivity index (χ1v) is 11.6. The van der Waals surface area contributed by atoms with E-state index in [2.05, 4.69) is 22.5 Å². The number of benzene rings is 2. The Hall–Kier alpha value is -2.14. The van der Waals surface area contributed by atoms with E-state index in [1.807, 2.05) is 30.3 Å². The molecular formula is C25H29F6N3O. The summed E-state index contributed by atoms with van der Waals surface area (Å²) in [6.07, 6.45) is -10.1. The molecule has 2 aliphatic heterocycles. The molecule has 2 aromatic carbocycles. The van der Waals surface area contributed by atoms with Crippen LogP contribution in [-0.2, 0) is 22.6 Å². The van der Waals surface area contributed by atoms with Gasteiger partial charge in [0.05, 0.1) is 29.4 Å². The van der Waals surface area contributed by atoms with Gasteiger partial charge in [-0.05, 0) is 49.6 Å². The molecule has 4 nitrogen and oxygen atoms in total. The lowest BCUT2D eigenvalue weighted by molar-refractivity contribution is -0.143. The molecule has 1 unspecified atom stereocenters. The highest BCUT2D eigenvalue weighted by atomic mass is 19.4. The summed E-state index contributed by atoms with van der Waals surface area (Å²) in [4.78, 5) is 2.36. The van der Waals surface area contributed by atoms with Gasteiger partial charge in [-0.25, -0.2) is 0 Å². The molecule has 0 saturated carbocycles. The fraction of sp³-hybridized carbons (Fsp3) is 0.520. The Morgan fingerprint density at radius 2 is 1.63 bits per heavy atom. The van der Waals surface area contributed by atoms with Gasteiger partial charge in [0.2, 0.25) is 0 Å². The first-order valence-electron chi connectivity index (χ1n) is 11.6. The predicted octanol–water partition coefficient (Wildman–Crippen LogP) is 5.31. The SMILES string of the molecule is CC1CNCN1[C@@H]1CN[C@](CO[C@H](C)c2cc(C(F)(F)F)cc(C(F)(F)F)c2)(c2ccccc2)C1. The zero-order chi connectivity index (χ0) is 25.4. The second-order valence-corrected chi connectivity index (χ2v) is 9.45. The lowest BCUT2D eigenvalue weighted by Crippen LogP contribution is -2.42. The molecule has 2 heterocycles. The number of hydrogen-bond acceptors (Lipinski definition) is 4. The summed E-state index contributed by atoms with van der Waals surface area (Å²) in [6.45, 7) is 6.07. The highest BCUT2D eigenvalue weighted by Crippen LogP contribution is 2.39. The fourth-order valence-corrected chi connectivity index (χ4v) is 5.01. The normalized spacial score (nSPS) is 26.9. The van der Waals surface area contributed by atoms with Gasteiger partial charge in [0, 0.05) is 31.8 Å². The molecule has 192 valence electrons. The van der Waals surface area contributed by atoms with Crippen LogP contribution >= 0.6 is 0 Å². The van der Waals surface area contributed by atoms with E-state index in [9.17, 15) is 26.3 Å². The molecular weight excluding hydrogens is 472 g/mol. The molecule has 0 bridgehead atoms. The third-order valence-corrected chi connectivity index (χ3v) is 7.01. The van der Waals surface area contributed by atoms with Crippen LogP contribution in [-0.4, -0.2) is 43.3 Å². The molecule has 0 spiro atoms. The van der Waals surface area contributed by atoms with Crippen LogP contribution in [0.2, 0.25) is 0 Å². The summed E-state index contributed by atoms with van der Waals surface area (Å²) >= 11 is 0. The summed E-state index contributed by atoms with van der Waals surface area (Å²) in [5.41, 5.74) is -2.50. The summed E-state index contributed by atoms with van der Waals surface area (Å²) in [5.74, 6) is 0. The van der Waals surface area contributed by atoms with Crippen LogP contribution in [0.3, 0.4) is 0 Å². The van der Waals surface area contributed by atoms with Crippen molar-refractivity contribution in [2.45, 2.75) is 56.3 Å². The topological polar surface area (TPSA) is 36.5 Å². The van der Waals surface area contributed by atoms with Crippen molar-refractivity contribution >= 4 is 0 Å². The van der Waals surface area contributed by atoms with Gasteiger partial charge in [-0.15, -0.1) is 0 Å². The average Bonchev–Trinajstić information content (AvgIpc) is 3.43. The molecule has 0 aliphatic carbocycles. The zero-order valence-electron chi connectivity index (χ0n) is 19.5. The van der Waals surface area contributed by atoms with E-state index in [0.29, 0.717) is 19.0 Å². The Bertz CT molecular complexity index is 980. The third kappa shape index (κ3) is 5.66. The number of nitrogens with zero attached hydrogens (tertiary/aromatic N) is 1. The lowest BCUT2D eigenvalue weighted by Gasteiger charge is -2.33. The molecule has 0 radical (unpaired) electrons. The summed E-state index contributed by atoms with van der Waals surface area (Å²) in [5, 5.41) is 6.91. The molecule has 2 fully saturated rings.